The fraction of sp³-hybridized carbons (Fsp3) is 0.867. The van der Waals surface area contributed by atoms with Crippen LogP contribution >= 0.6 is 0 Å². The molecule has 116 valence electrons. The SMILES string of the molecule is CCCC(C)NC(=O)C(C)OC1CCC(C(=O)O)CC1. The molecule has 5 nitrogen and oxygen atoms in total. The quantitative estimate of drug-likeness (QED) is 0.753. The number of nitrogens with one attached hydrogen (secondary N) is 1. The summed E-state index contributed by atoms with van der Waals surface area (Å²) in [6.45, 7) is 5.84. The fourth-order valence-corrected chi connectivity index (χ4v) is 2.66. The molecular weight excluding hydrogens is 258 g/mol. The standard InChI is InChI=1S/C15H27NO4/c1-4-5-10(2)16-14(17)11(3)20-13-8-6-12(7-9-13)15(18)19/h10-13H,4-9H2,1-3H3,(H,16,17)(H,18,19). The number of carboxylic acid groups (broad SMARTS) is 1. The van der Waals surface area contributed by atoms with Crippen molar-refractivity contribution in [3.05, 3.63) is 0 Å². The normalized spacial score (nSPS) is 25.8. The molecule has 0 aromatic rings. The highest BCUT2D eigenvalue weighted by atomic mass is 16.5. The molecule has 0 aromatic heterocycles. The van der Waals surface area contributed by atoms with Crippen LogP contribution in [0.25, 0.3) is 0 Å². The Morgan fingerprint density at radius 2 is 1.85 bits per heavy atom. The minimum Gasteiger partial charge on any atom is -0.481 e. The van der Waals surface area contributed by atoms with Crippen LogP contribution < -0.4 is 5.32 Å². The average Bonchev–Trinajstić information content (AvgIpc) is 2.39. The van der Waals surface area contributed by atoms with Gasteiger partial charge in [0.2, 0.25) is 5.91 Å². The van der Waals surface area contributed by atoms with Gasteiger partial charge in [-0.3, -0.25) is 9.59 Å². The van der Waals surface area contributed by atoms with Crippen LogP contribution in [0, 0.1) is 5.92 Å². The lowest BCUT2D eigenvalue weighted by atomic mass is 9.87. The van der Waals surface area contributed by atoms with Crippen molar-refractivity contribution < 1.29 is 19.4 Å². The highest BCUT2D eigenvalue weighted by Gasteiger charge is 2.28. The van der Waals surface area contributed by atoms with E-state index in [-0.39, 0.29) is 24.0 Å². The van der Waals surface area contributed by atoms with Gasteiger partial charge in [-0.05, 0) is 46.0 Å². The maximum absolute atomic E-state index is 11.9. The molecule has 1 saturated carbocycles. The highest BCUT2D eigenvalue weighted by molar-refractivity contribution is 5.80. The summed E-state index contributed by atoms with van der Waals surface area (Å²) in [5.74, 6) is -1.04. The first-order chi connectivity index (χ1) is 9.43. The summed E-state index contributed by atoms with van der Waals surface area (Å²) < 4.78 is 5.76. The van der Waals surface area contributed by atoms with Gasteiger partial charge in [0.05, 0.1) is 12.0 Å². The van der Waals surface area contributed by atoms with Gasteiger partial charge in [0.1, 0.15) is 6.10 Å². The van der Waals surface area contributed by atoms with Crippen molar-refractivity contribution in [2.24, 2.45) is 5.92 Å². The third-order valence-corrected chi connectivity index (χ3v) is 3.90. The van der Waals surface area contributed by atoms with Crippen molar-refractivity contribution in [1.29, 1.82) is 0 Å². The summed E-state index contributed by atoms with van der Waals surface area (Å²) in [4.78, 5) is 22.8. The van der Waals surface area contributed by atoms with E-state index in [4.69, 9.17) is 9.84 Å². The van der Waals surface area contributed by atoms with Crippen molar-refractivity contribution in [2.45, 2.75) is 77.5 Å². The summed E-state index contributed by atoms with van der Waals surface area (Å²) in [5, 5.41) is 11.9. The molecule has 0 heterocycles. The van der Waals surface area contributed by atoms with E-state index in [1.165, 1.54) is 0 Å². The van der Waals surface area contributed by atoms with Crippen LogP contribution in [0.3, 0.4) is 0 Å². The van der Waals surface area contributed by atoms with Crippen LogP contribution in [0.2, 0.25) is 0 Å². The maximum Gasteiger partial charge on any atom is 0.306 e. The second kappa shape index (κ2) is 8.25. The molecule has 0 aliphatic heterocycles. The zero-order chi connectivity index (χ0) is 15.1. The molecule has 1 rings (SSSR count). The molecule has 0 aromatic carbocycles. The third kappa shape index (κ3) is 5.49. The average molecular weight is 285 g/mol. The monoisotopic (exact) mass is 285 g/mol. The fourth-order valence-electron chi connectivity index (χ4n) is 2.66. The number of hydrogen-bond donors (Lipinski definition) is 2. The molecular formula is C15H27NO4. The van der Waals surface area contributed by atoms with Gasteiger partial charge in [-0.15, -0.1) is 0 Å². The van der Waals surface area contributed by atoms with Gasteiger partial charge in [0.25, 0.3) is 0 Å². The molecule has 1 fully saturated rings. The Labute approximate surface area is 121 Å². The lowest BCUT2D eigenvalue weighted by Crippen LogP contribution is -2.42. The van der Waals surface area contributed by atoms with E-state index in [1.807, 2.05) is 6.92 Å². The van der Waals surface area contributed by atoms with Gasteiger partial charge in [-0.2, -0.15) is 0 Å². The Kier molecular flexibility index (Phi) is 6.99. The van der Waals surface area contributed by atoms with Crippen LogP contribution in [-0.2, 0) is 14.3 Å². The number of amides is 1. The van der Waals surface area contributed by atoms with Crippen molar-refractivity contribution in [2.75, 3.05) is 0 Å². The molecule has 2 unspecified atom stereocenters. The van der Waals surface area contributed by atoms with Crippen LogP contribution in [-0.4, -0.2) is 35.2 Å². The molecule has 5 heteroatoms. The van der Waals surface area contributed by atoms with Crippen molar-refractivity contribution in [3.63, 3.8) is 0 Å². The lowest BCUT2D eigenvalue weighted by Gasteiger charge is -2.28. The minimum atomic E-state index is -0.720. The summed E-state index contributed by atoms with van der Waals surface area (Å²) in [7, 11) is 0. The Bertz CT molecular complexity index is 324. The molecule has 0 bridgehead atoms. The van der Waals surface area contributed by atoms with Gasteiger partial charge in [-0.25, -0.2) is 0 Å². The first-order valence-electron chi connectivity index (χ1n) is 7.62. The molecule has 20 heavy (non-hydrogen) atoms. The number of rotatable bonds is 7. The van der Waals surface area contributed by atoms with E-state index in [1.54, 1.807) is 6.92 Å². The number of carbonyl (C=O) groups excluding carboxylic acids is 1. The van der Waals surface area contributed by atoms with Crippen LogP contribution in [0.15, 0.2) is 0 Å². The zero-order valence-electron chi connectivity index (χ0n) is 12.7. The predicted octanol–water partition coefficient (Wildman–Crippen LogP) is 2.34. The second-order valence-corrected chi connectivity index (χ2v) is 5.79. The van der Waals surface area contributed by atoms with Gasteiger partial charge >= 0.3 is 5.97 Å². The van der Waals surface area contributed by atoms with E-state index in [9.17, 15) is 9.59 Å². The molecule has 1 amide bonds. The summed E-state index contributed by atoms with van der Waals surface area (Å²) in [6, 6.07) is 0.168. The van der Waals surface area contributed by atoms with Crippen molar-refractivity contribution in [1.82, 2.24) is 5.32 Å². The Morgan fingerprint density at radius 1 is 1.25 bits per heavy atom. The van der Waals surface area contributed by atoms with Crippen molar-refractivity contribution >= 4 is 11.9 Å². The highest BCUT2D eigenvalue weighted by Crippen LogP contribution is 2.27. The second-order valence-electron chi connectivity index (χ2n) is 5.79. The number of carboxylic acids is 1. The Hall–Kier alpha value is -1.10. The number of aliphatic carboxylic acids is 1. The molecule has 1 aliphatic rings. The molecule has 1 aliphatic carbocycles. The first-order valence-corrected chi connectivity index (χ1v) is 7.62. The van der Waals surface area contributed by atoms with E-state index in [2.05, 4.69) is 12.2 Å². The summed E-state index contributed by atoms with van der Waals surface area (Å²) in [5.41, 5.74) is 0. The smallest absolute Gasteiger partial charge is 0.306 e. The van der Waals surface area contributed by atoms with Gasteiger partial charge < -0.3 is 15.2 Å². The summed E-state index contributed by atoms with van der Waals surface area (Å²) in [6.07, 6.45) is 4.26. The van der Waals surface area contributed by atoms with Gasteiger partial charge in [0, 0.05) is 6.04 Å². The largest absolute Gasteiger partial charge is 0.481 e. The number of ether oxygens (including phenoxy) is 1. The number of hydrogen-bond acceptors (Lipinski definition) is 3. The molecule has 2 N–H and O–H groups in total. The molecule has 0 radical (unpaired) electrons. The van der Waals surface area contributed by atoms with Crippen LogP contribution in [0.4, 0.5) is 0 Å². The third-order valence-electron chi connectivity index (χ3n) is 3.90. The zero-order valence-corrected chi connectivity index (χ0v) is 12.7. The van der Waals surface area contributed by atoms with E-state index in [0.717, 1.165) is 25.7 Å². The van der Waals surface area contributed by atoms with Crippen LogP contribution in [0.5, 0.6) is 0 Å². The topological polar surface area (TPSA) is 75.6 Å². The van der Waals surface area contributed by atoms with E-state index < -0.39 is 12.1 Å². The molecule has 0 spiro atoms. The first kappa shape index (κ1) is 17.0. The maximum atomic E-state index is 11.9. The van der Waals surface area contributed by atoms with E-state index in [0.29, 0.717) is 12.8 Å². The minimum absolute atomic E-state index is 0.00725. The lowest BCUT2D eigenvalue weighted by molar-refractivity contribution is -0.146. The van der Waals surface area contributed by atoms with Gasteiger partial charge in [0.15, 0.2) is 0 Å². The molecule has 2 atom stereocenters. The predicted molar refractivity (Wildman–Crippen MR) is 76.4 cm³/mol. The van der Waals surface area contributed by atoms with Crippen LogP contribution in [0.1, 0.15) is 59.3 Å². The summed E-state index contributed by atoms with van der Waals surface area (Å²) >= 11 is 0. The Morgan fingerprint density at radius 3 is 2.35 bits per heavy atom. The van der Waals surface area contributed by atoms with E-state index >= 15 is 0 Å². The molecule has 0 saturated heterocycles. The van der Waals surface area contributed by atoms with Gasteiger partial charge in [-0.1, -0.05) is 13.3 Å². The number of carbonyl (C=O) groups is 2. The van der Waals surface area contributed by atoms with Crippen molar-refractivity contribution in [3.8, 4) is 0 Å². The Balaban J connectivity index is 2.30.